The molecule has 2 N–H and O–H groups in total. The lowest BCUT2D eigenvalue weighted by Gasteiger charge is -2.17. The van der Waals surface area contributed by atoms with Crippen molar-refractivity contribution in [3.05, 3.63) is 72.4 Å². The molecule has 1 aliphatic rings. The summed E-state index contributed by atoms with van der Waals surface area (Å²) in [6.45, 7) is 1.95. The van der Waals surface area contributed by atoms with Crippen LogP contribution in [0.1, 0.15) is 16.8 Å². The number of para-hydroxylation sites is 1. The van der Waals surface area contributed by atoms with E-state index in [1.165, 1.54) is 6.08 Å². The number of carbonyl (C=O) groups is 2. The van der Waals surface area contributed by atoms with Crippen molar-refractivity contribution in [3.63, 3.8) is 0 Å². The Balaban J connectivity index is 1.31. The fourth-order valence-corrected chi connectivity index (χ4v) is 3.72. The third-order valence-electron chi connectivity index (χ3n) is 5.44. The minimum atomic E-state index is -0.194. The van der Waals surface area contributed by atoms with Gasteiger partial charge in [0.25, 0.3) is 5.91 Å². The van der Waals surface area contributed by atoms with Crippen LogP contribution in [-0.2, 0) is 4.79 Å². The van der Waals surface area contributed by atoms with Gasteiger partial charge in [0.05, 0.1) is 5.52 Å². The van der Waals surface area contributed by atoms with Gasteiger partial charge in [-0.1, -0.05) is 24.3 Å². The Kier molecular flexibility index (Phi) is 6.95. The highest BCUT2D eigenvalue weighted by Gasteiger charge is 2.27. The molecule has 8 heteroatoms. The van der Waals surface area contributed by atoms with Gasteiger partial charge in [0.1, 0.15) is 0 Å². The summed E-state index contributed by atoms with van der Waals surface area (Å²) in [5, 5.41) is 7.15. The van der Waals surface area contributed by atoms with Crippen LogP contribution in [0.15, 0.2) is 66.9 Å². The number of fused-ring (bicyclic) bond motifs is 1. The number of hydrogen-bond acceptors (Lipinski definition) is 6. The number of likely N-dealkylation sites (N-methyl/N-ethyl adjacent to an activating group) is 1. The van der Waals surface area contributed by atoms with E-state index in [4.69, 9.17) is 0 Å². The van der Waals surface area contributed by atoms with Gasteiger partial charge in [0.15, 0.2) is 0 Å². The summed E-state index contributed by atoms with van der Waals surface area (Å²) in [5.41, 5.74) is 2.14. The van der Waals surface area contributed by atoms with Crippen molar-refractivity contribution >= 4 is 34.4 Å². The van der Waals surface area contributed by atoms with Crippen LogP contribution in [0.2, 0.25) is 0 Å². The second-order valence-electron chi connectivity index (χ2n) is 8.36. The van der Waals surface area contributed by atoms with Crippen LogP contribution < -0.4 is 10.6 Å². The lowest BCUT2D eigenvalue weighted by molar-refractivity contribution is -0.111. The van der Waals surface area contributed by atoms with Gasteiger partial charge >= 0.3 is 0 Å². The standard InChI is InChI=1S/C25H28N6O2/c1-30(2)14-5-8-23(32)27-20-11-9-18(10-12-20)24(33)31-15-13-21(17-31)28-25-26-16-19-6-3-4-7-22(19)29-25/h3-12,16,21H,13-15,17H2,1-2H3,(H,27,32)(H,26,28,29)/b8-5+/t21-/m1/s1. The summed E-state index contributed by atoms with van der Waals surface area (Å²) in [6.07, 6.45) is 5.94. The maximum atomic E-state index is 12.9. The third kappa shape index (κ3) is 5.93. The first-order chi connectivity index (χ1) is 16.0. The molecule has 2 amide bonds. The number of carbonyl (C=O) groups excluding carboxylic acids is 2. The van der Waals surface area contributed by atoms with E-state index in [9.17, 15) is 9.59 Å². The highest BCUT2D eigenvalue weighted by molar-refractivity contribution is 6.00. The molecule has 1 fully saturated rings. The highest BCUT2D eigenvalue weighted by Crippen LogP contribution is 2.19. The van der Waals surface area contributed by atoms with Gasteiger partial charge in [0, 0.05) is 54.6 Å². The lowest BCUT2D eigenvalue weighted by Crippen LogP contribution is -2.31. The van der Waals surface area contributed by atoms with E-state index in [1.54, 1.807) is 36.5 Å². The molecule has 1 saturated heterocycles. The third-order valence-corrected chi connectivity index (χ3v) is 5.44. The van der Waals surface area contributed by atoms with Crippen molar-refractivity contribution in [1.82, 2.24) is 19.8 Å². The number of amides is 2. The molecule has 1 aromatic heterocycles. The number of aromatic nitrogens is 2. The Labute approximate surface area is 193 Å². The molecule has 4 rings (SSSR count). The van der Waals surface area contributed by atoms with Crippen molar-refractivity contribution in [1.29, 1.82) is 0 Å². The van der Waals surface area contributed by atoms with Crippen LogP contribution in [0.3, 0.4) is 0 Å². The van der Waals surface area contributed by atoms with Gasteiger partial charge in [-0.2, -0.15) is 0 Å². The quantitative estimate of drug-likeness (QED) is 0.545. The zero-order chi connectivity index (χ0) is 23.2. The largest absolute Gasteiger partial charge is 0.350 e. The predicted octanol–water partition coefficient (Wildman–Crippen LogP) is 3.01. The lowest BCUT2D eigenvalue weighted by atomic mass is 10.2. The molecule has 0 unspecified atom stereocenters. The Morgan fingerprint density at radius 3 is 2.73 bits per heavy atom. The second-order valence-corrected chi connectivity index (χ2v) is 8.36. The zero-order valence-corrected chi connectivity index (χ0v) is 18.9. The van der Waals surface area contributed by atoms with Crippen molar-refractivity contribution in [3.8, 4) is 0 Å². The Morgan fingerprint density at radius 1 is 1.15 bits per heavy atom. The number of nitrogens with zero attached hydrogens (tertiary/aromatic N) is 4. The summed E-state index contributed by atoms with van der Waals surface area (Å²) in [6, 6.07) is 14.9. The van der Waals surface area contributed by atoms with Gasteiger partial charge in [0.2, 0.25) is 11.9 Å². The second kappa shape index (κ2) is 10.2. The minimum Gasteiger partial charge on any atom is -0.350 e. The van der Waals surface area contributed by atoms with Crippen LogP contribution in [-0.4, -0.2) is 71.4 Å². The normalized spacial score (nSPS) is 16.0. The van der Waals surface area contributed by atoms with E-state index < -0.39 is 0 Å². The van der Waals surface area contributed by atoms with Gasteiger partial charge in [-0.15, -0.1) is 0 Å². The predicted molar refractivity (Wildman–Crippen MR) is 130 cm³/mol. The van der Waals surface area contributed by atoms with Crippen LogP contribution in [0.5, 0.6) is 0 Å². The van der Waals surface area contributed by atoms with Crippen molar-refractivity contribution < 1.29 is 9.59 Å². The maximum absolute atomic E-state index is 12.9. The van der Waals surface area contributed by atoms with E-state index in [0.717, 1.165) is 17.3 Å². The van der Waals surface area contributed by atoms with E-state index in [-0.39, 0.29) is 17.9 Å². The minimum absolute atomic E-state index is 0.0255. The van der Waals surface area contributed by atoms with Gasteiger partial charge < -0.3 is 20.4 Å². The summed E-state index contributed by atoms with van der Waals surface area (Å²) in [5.74, 6) is 0.357. The Bertz CT molecular complexity index is 1160. The van der Waals surface area contributed by atoms with Crippen LogP contribution in [0.25, 0.3) is 10.9 Å². The molecule has 1 atom stereocenters. The molecule has 8 nitrogen and oxygen atoms in total. The molecule has 170 valence electrons. The molecule has 0 radical (unpaired) electrons. The van der Waals surface area contributed by atoms with Gasteiger partial charge in [-0.05, 0) is 50.8 Å². The highest BCUT2D eigenvalue weighted by atomic mass is 16.2. The van der Waals surface area contributed by atoms with E-state index in [2.05, 4.69) is 20.6 Å². The van der Waals surface area contributed by atoms with E-state index >= 15 is 0 Å². The average Bonchev–Trinajstić information content (AvgIpc) is 3.27. The molecule has 2 aromatic carbocycles. The maximum Gasteiger partial charge on any atom is 0.253 e. The van der Waals surface area contributed by atoms with Gasteiger partial charge in [-0.3, -0.25) is 9.59 Å². The first-order valence-electron chi connectivity index (χ1n) is 11.0. The molecular formula is C25H28N6O2. The fourth-order valence-electron chi connectivity index (χ4n) is 3.72. The summed E-state index contributed by atoms with van der Waals surface area (Å²) in [7, 11) is 3.88. The Hall–Kier alpha value is -3.78. The van der Waals surface area contributed by atoms with Crippen molar-refractivity contribution in [2.24, 2.45) is 0 Å². The summed E-state index contributed by atoms with van der Waals surface area (Å²) in [4.78, 5) is 37.6. The molecule has 1 aliphatic heterocycles. The van der Waals surface area contributed by atoms with Crippen LogP contribution in [0, 0.1) is 0 Å². The van der Waals surface area contributed by atoms with Crippen LogP contribution >= 0.6 is 0 Å². The molecule has 0 saturated carbocycles. The Morgan fingerprint density at radius 2 is 1.94 bits per heavy atom. The van der Waals surface area contributed by atoms with E-state index in [1.807, 2.05) is 48.2 Å². The summed E-state index contributed by atoms with van der Waals surface area (Å²) < 4.78 is 0. The number of benzene rings is 2. The monoisotopic (exact) mass is 444 g/mol. The molecule has 0 bridgehead atoms. The number of anilines is 2. The van der Waals surface area contributed by atoms with Gasteiger partial charge in [-0.25, -0.2) is 9.97 Å². The van der Waals surface area contributed by atoms with Crippen molar-refractivity contribution in [2.75, 3.05) is 44.4 Å². The van der Waals surface area contributed by atoms with Crippen molar-refractivity contribution in [2.45, 2.75) is 12.5 Å². The molecular weight excluding hydrogens is 416 g/mol. The number of hydrogen-bond donors (Lipinski definition) is 2. The number of likely N-dealkylation sites (tertiary alicyclic amines) is 1. The molecule has 2 heterocycles. The zero-order valence-electron chi connectivity index (χ0n) is 18.9. The first-order valence-corrected chi connectivity index (χ1v) is 11.0. The molecule has 0 spiro atoms. The molecule has 3 aromatic rings. The number of rotatable bonds is 7. The smallest absolute Gasteiger partial charge is 0.253 e. The molecule has 0 aliphatic carbocycles. The van der Waals surface area contributed by atoms with Crippen LogP contribution in [0.4, 0.5) is 11.6 Å². The summed E-state index contributed by atoms with van der Waals surface area (Å²) >= 11 is 0. The topological polar surface area (TPSA) is 90.5 Å². The number of nitrogens with one attached hydrogen (secondary N) is 2. The SMILES string of the molecule is CN(C)C/C=C/C(=O)Nc1ccc(C(=O)N2CC[C@@H](Nc3ncc4ccccc4n3)C2)cc1. The van der Waals surface area contributed by atoms with E-state index in [0.29, 0.717) is 36.8 Å². The fraction of sp³-hybridized carbons (Fsp3) is 0.280. The molecule has 33 heavy (non-hydrogen) atoms. The first kappa shape index (κ1) is 22.4. The average molecular weight is 445 g/mol.